The molecule has 1 unspecified atom stereocenters. The molecule has 0 fully saturated rings. The van der Waals surface area contributed by atoms with Gasteiger partial charge in [0.15, 0.2) is 0 Å². The third-order valence-electron chi connectivity index (χ3n) is 3.87. The molecule has 0 amide bonds. The standard InChI is InChI=1S/C16H28N2O2S/c1-7-13-8-9-15(10-14(13)11-17-6)21(19,20)18-12(2)16(3,4)5/h8-10,12,17-18H,7,11H2,1-6H3. The molecule has 0 aliphatic carbocycles. The summed E-state index contributed by atoms with van der Waals surface area (Å²) in [5, 5.41) is 3.09. The first-order chi connectivity index (χ1) is 9.61. The quantitative estimate of drug-likeness (QED) is 0.849. The number of nitrogens with one attached hydrogen (secondary N) is 2. The van der Waals surface area contributed by atoms with E-state index in [2.05, 4.69) is 17.0 Å². The fourth-order valence-electron chi connectivity index (χ4n) is 1.95. The Kier molecular flexibility index (Phi) is 5.96. The third-order valence-corrected chi connectivity index (χ3v) is 5.41. The molecule has 120 valence electrons. The summed E-state index contributed by atoms with van der Waals surface area (Å²) in [6.07, 6.45) is 0.892. The highest BCUT2D eigenvalue weighted by Crippen LogP contribution is 2.22. The van der Waals surface area contributed by atoms with Gasteiger partial charge in [0.05, 0.1) is 4.90 Å². The molecule has 1 aromatic carbocycles. The molecular formula is C16H28N2O2S. The molecule has 1 atom stereocenters. The van der Waals surface area contributed by atoms with E-state index in [1.54, 1.807) is 12.1 Å². The number of aryl methyl sites for hydroxylation is 1. The van der Waals surface area contributed by atoms with E-state index in [1.165, 1.54) is 5.56 Å². The molecule has 2 N–H and O–H groups in total. The average molecular weight is 312 g/mol. The maximum absolute atomic E-state index is 12.5. The minimum absolute atomic E-state index is 0.121. The Balaban J connectivity index is 3.11. The van der Waals surface area contributed by atoms with Crippen molar-refractivity contribution < 1.29 is 8.42 Å². The first kappa shape index (κ1) is 18.1. The van der Waals surface area contributed by atoms with E-state index in [4.69, 9.17) is 0 Å². The highest BCUT2D eigenvalue weighted by molar-refractivity contribution is 7.89. The Morgan fingerprint density at radius 2 is 1.81 bits per heavy atom. The van der Waals surface area contributed by atoms with Crippen LogP contribution in [0.5, 0.6) is 0 Å². The van der Waals surface area contributed by atoms with E-state index < -0.39 is 10.0 Å². The predicted octanol–water partition coefficient (Wildman–Crippen LogP) is 2.68. The Labute approximate surface area is 129 Å². The molecule has 0 bridgehead atoms. The second kappa shape index (κ2) is 6.90. The molecular weight excluding hydrogens is 284 g/mol. The van der Waals surface area contributed by atoms with E-state index in [9.17, 15) is 8.42 Å². The average Bonchev–Trinajstić information content (AvgIpc) is 2.37. The fourth-order valence-corrected chi connectivity index (χ4v) is 3.45. The Morgan fingerprint density at radius 3 is 2.29 bits per heavy atom. The summed E-state index contributed by atoms with van der Waals surface area (Å²) in [5.41, 5.74) is 2.09. The molecule has 5 heteroatoms. The van der Waals surface area contributed by atoms with Gasteiger partial charge in [-0.3, -0.25) is 0 Å². The summed E-state index contributed by atoms with van der Waals surface area (Å²) in [4.78, 5) is 0.334. The molecule has 4 nitrogen and oxygen atoms in total. The smallest absolute Gasteiger partial charge is 0.240 e. The van der Waals surface area contributed by atoms with Crippen molar-refractivity contribution in [3.8, 4) is 0 Å². The van der Waals surface area contributed by atoms with Crippen molar-refractivity contribution in [1.82, 2.24) is 10.0 Å². The lowest BCUT2D eigenvalue weighted by Crippen LogP contribution is -2.41. The number of rotatable bonds is 6. The molecule has 0 spiro atoms. The highest BCUT2D eigenvalue weighted by Gasteiger charge is 2.26. The van der Waals surface area contributed by atoms with Gasteiger partial charge in [-0.15, -0.1) is 0 Å². The summed E-state index contributed by atoms with van der Waals surface area (Å²) in [6.45, 7) is 10.7. The van der Waals surface area contributed by atoms with E-state index in [0.717, 1.165) is 12.0 Å². The van der Waals surface area contributed by atoms with Crippen LogP contribution >= 0.6 is 0 Å². The first-order valence-corrected chi connectivity index (χ1v) is 8.89. The van der Waals surface area contributed by atoms with E-state index in [-0.39, 0.29) is 11.5 Å². The minimum atomic E-state index is -3.49. The zero-order chi connectivity index (χ0) is 16.3. The Bertz CT molecular complexity index is 574. The predicted molar refractivity (Wildman–Crippen MR) is 87.8 cm³/mol. The molecule has 0 heterocycles. The van der Waals surface area contributed by atoms with Gasteiger partial charge in [0, 0.05) is 12.6 Å². The van der Waals surface area contributed by atoms with Gasteiger partial charge in [0.2, 0.25) is 10.0 Å². The molecule has 1 aromatic rings. The Hall–Kier alpha value is -0.910. The summed E-state index contributed by atoms with van der Waals surface area (Å²) in [7, 11) is -1.62. The third kappa shape index (κ3) is 4.80. The van der Waals surface area contributed by atoms with Gasteiger partial charge < -0.3 is 5.32 Å². The highest BCUT2D eigenvalue weighted by atomic mass is 32.2. The largest absolute Gasteiger partial charge is 0.316 e. The SMILES string of the molecule is CCc1ccc(S(=O)(=O)NC(C)C(C)(C)C)cc1CNC. The second-order valence-electron chi connectivity index (χ2n) is 6.52. The summed E-state index contributed by atoms with van der Waals surface area (Å²) < 4.78 is 27.8. The second-order valence-corrected chi connectivity index (χ2v) is 8.24. The van der Waals surface area contributed by atoms with Crippen LogP contribution in [0.4, 0.5) is 0 Å². The van der Waals surface area contributed by atoms with E-state index >= 15 is 0 Å². The van der Waals surface area contributed by atoms with Gasteiger partial charge in [0.25, 0.3) is 0 Å². The van der Waals surface area contributed by atoms with Crippen LogP contribution in [0, 0.1) is 5.41 Å². The molecule has 21 heavy (non-hydrogen) atoms. The summed E-state index contributed by atoms with van der Waals surface area (Å²) in [5.74, 6) is 0. The van der Waals surface area contributed by atoms with Crippen LogP contribution in [0.15, 0.2) is 23.1 Å². The van der Waals surface area contributed by atoms with Crippen LogP contribution in [-0.4, -0.2) is 21.5 Å². The van der Waals surface area contributed by atoms with Gasteiger partial charge in [0.1, 0.15) is 0 Å². The molecule has 0 radical (unpaired) electrons. The van der Waals surface area contributed by atoms with Crippen LogP contribution in [0.2, 0.25) is 0 Å². The van der Waals surface area contributed by atoms with Gasteiger partial charge in [-0.2, -0.15) is 0 Å². The molecule has 0 saturated carbocycles. The maximum atomic E-state index is 12.5. The van der Waals surface area contributed by atoms with Crippen molar-refractivity contribution in [2.45, 2.75) is 58.5 Å². The van der Waals surface area contributed by atoms with Crippen molar-refractivity contribution in [2.24, 2.45) is 5.41 Å². The molecule has 1 rings (SSSR count). The van der Waals surface area contributed by atoms with E-state index in [1.807, 2.05) is 40.8 Å². The summed E-state index contributed by atoms with van der Waals surface area (Å²) in [6, 6.07) is 5.23. The lowest BCUT2D eigenvalue weighted by Gasteiger charge is -2.28. The topological polar surface area (TPSA) is 58.2 Å². The van der Waals surface area contributed by atoms with Crippen LogP contribution in [0.25, 0.3) is 0 Å². The van der Waals surface area contributed by atoms with Gasteiger partial charge in [-0.1, -0.05) is 33.8 Å². The molecule has 0 aromatic heterocycles. The van der Waals surface area contributed by atoms with Crippen LogP contribution in [0.1, 0.15) is 45.7 Å². The first-order valence-electron chi connectivity index (χ1n) is 7.40. The van der Waals surface area contributed by atoms with Gasteiger partial charge in [-0.05, 0) is 49.1 Å². The summed E-state index contributed by atoms with van der Waals surface area (Å²) >= 11 is 0. The molecule has 0 aliphatic heterocycles. The van der Waals surface area contributed by atoms with Crippen molar-refractivity contribution >= 4 is 10.0 Å². The van der Waals surface area contributed by atoms with Crippen molar-refractivity contribution in [3.05, 3.63) is 29.3 Å². The van der Waals surface area contributed by atoms with E-state index in [0.29, 0.717) is 11.4 Å². The van der Waals surface area contributed by atoms with Gasteiger partial charge in [-0.25, -0.2) is 13.1 Å². The molecule has 0 aliphatic rings. The van der Waals surface area contributed by atoms with Crippen LogP contribution in [-0.2, 0) is 23.0 Å². The number of benzene rings is 1. The van der Waals surface area contributed by atoms with Crippen molar-refractivity contribution in [3.63, 3.8) is 0 Å². The maximum Gasteiger partial charge on any atom is 0.240 e. The van der Waals surface area contributed by atoms with Gasteiger partial charge >= 0.3 is 0 Å². The number of sulfonamides is 1. The monoisotopic (exact) mass is 312 g/mol. The normalized spacial score (nSPS) is 14.2. The zero-order valence-corrected chi connectivity index (χ0v) is 14.8. The Morgan fingerprint density at radius 1 is 1.19 bits per heavy atom. The fraction of sp³-hybridized carbons (Fsp3) is 0.625. The number of hydrogen-bond donors (Lipinski definition) is 2. The lowest BCUT2D eigenvalue weighted by atomic mass is 9.89. The minimum Gasteiger partial charge on any atom is -0.316 e. The lowest BCUT2D eigenvalue weighted by molar-refractivity contribution is 0.317. The molecule has 0 saturated heterocycles. The number of hydrogen-bond acceptors (Lipinski definition) is 3. The zero-order valence-electron chi connectivity index (χ0n) is 13.9. The van der Waals surface area contributed by atoms with Crippen LogP contribution in [0.3, 0.4) is 0 Å². The van der Waals surface area contributed by atoms with Crippen molar-refractivity contribution in [1.29, 1.82) is 0 Å². The van der Waals surface area contributed by atoms with Crippen molar-refractivity contribution in [2.75, 3.05) is 7.05 Å². The van der Waals surface area contributed by atoms with Crippen LogP contribution < -0.4 is 10.0 Å².